The van der Waals surface area contributed by atoms with Gasteiger partial charge in [-0.1, -0.05) is 54.1 Å². The number of fused-ring (bicyclic) bond motifs is 3. The van der Waals surface area contributed by atoms with Crippen LogP contribution in [-0.2, 0) is 11.2 Å². The highest BCUT2D eigenvalue weighted by Crippen LogP contribution is 2.66. The molecule has 2 aromatic carbocycles. The molecule has 4 atom stereocenters. The zero-order valence-corrected chi connectivity index (χ0v) is 16.0. The van der Waals surface area contributed by atoms with Crippen molar-refractivity contribution >= 4 is 11.6 Å². The van der Waals surface area contributed by atoms with Crippen LogP contribution in [0.5, 0.6) is 5.75 Å². The number of hydrogen-bond acceptors (Lipinski definition) is 5. The number of ether oxygens (including phenoxy) is 1. The molecule has 3 aromatic rings. The molecule has 5 rings (SSSR count). The summed E-state index contributed by atoms with van der Waals surface area (Å²) in [5.41, 5.74) is -0.690. The van der Waals surface area contributed by atoms with Crippen molar-refractivity contribution < 1.29 is 14.9 Å². The van der Waals surface area contributed by atoms with Gasteiger partial charge in [0.15, 0.2) is 11.2 Å². The molecule has 0 unspecified atom stereocenters. The van der Waals surface area contributed by atoms with Gasteiger partial charge < -0.3 is 14.9 Å². The van der Waals surface area contributed by atoms with Gasteiger partial charge in [-0.15, -0.1) is 0 Å². The van der Waals surface area contributed by atoms with Crippen molar-refractivity contribution in [3.05, 3.63) is 94.3 Å². The molecule has 1 aromatic heterocycles. The van der Waals surface area contributed by atoms with Crippen LogP contribution in [0.3, 0.4) is 0 Å². The summed E-state index contributed by atoms with van der Waals surface area (Å²) in [5, 5.41) is 32.6. The second-order valence-corrected chi connectivity index (χ2v) is 7.94. The van der Waals surface area contributed by atoms with E-state index in [9.17, 15) is 15.5 Å². The van der Waals surface area contributed by atoms with Crippen molar-refractivity contribution in [3.8, 4) is 11.8 Å². The Bertz CT molecular complexity index is 1130. The fourth-order valence-electron chi connectivity index (χ4n) is 4.84. The van der Waals surface area contributed by atoms with E-state index >= 15 is 0 Å². The van der Waals surface area contributed by atoms with Crippen LogP contribution in [0, 0.1) is 11.3 Å². The summed E-state index contributed by atoms with van der Waals surface area (Å²) >= 11 is 6.12. The molecule has 1 aliphatic carbocycles. The number of nitrogens with zero attached hydrogens (tertiary/aromatic N) is 2. The van der Waals surface area contributed by atoms with Crippen molar-refractivity contribution in [3.63, 3.8) is 0 Å². The Balaban J connectivity index is 1.79. The average Bonchev–Trinajstić information content (AvgIpc) is 3.14. The molecular weight excluding hydrogens is 388 g/mol. The monoisotopic (exact) mass is 404 g/mol. The van der Waals surface area contributed by atoms with Crippen LogP contribution >= 0.6 is 11.6 Å². The van der Waals surface area contributed by atoms with Gasteiger partial charge in [0.2, 0.25) is 0 Å². The Hall–Kier alpha value is -2.91. The number of aromatic nitrogens is 1. The molecule has 1 fully saturated rings. The van der Waals surface area contributed by atoms with Crippen LogP contribution in [-0.4, -0.2) is 21.3 Å². The summed E-state index contributed by atoms with van der Waals surface area (Å²) in [5.74, 6) is 0.00801. The number of rotatable bonds is 2. The van der Waals surface area contributed by atoms with Gasteiger partial charge in [-0.25, -0.2) is 0 Å². The lowest BCUT2D eigenvalue weighted by Crippen LogP contribution is -2.52. The van der Waals surface area contributed by atoms with Gasteiger partial charge in [0.25, 0.3) is 0 Å². The molecule has 29 heavy (non-hydrogen) atoms. The third-order valence-electron chi connectivity index (χ3n) is 6.09. The molecule has 0 radical (unpaired) electrons. The van der Waals surface area contributed by atoms with Crippen molar-refractivity contribution in [2.24, 2.45) is 0 Å². The molecule has 2 aliphatic rings. The Morgan fingerprint density at radius 1 is 1.14 bits per heavy atom. The minimum Gasteiger partial charge on any atom is -0.476 e. The van der Waals surface area contributed by atoms with Crippen LogP contribution < -0.4 is 4.74 Å². The van der Waals surface area contributed by atoms with Crippen molar-refractivity contribution in [2.75, 3.05) is 0 Å². The van der Waals surface area contributed by atoms with Gasteiger partial charge in [0.1, 0.15) is 11.4 Å². The molecule has 144 valence electrons. The standard InChI is InChI=1S/C23H17ClN2O3/c24-17-10-19-21(26-13-17)22(28)20(27)11-18(15-4-2-1-3-5-15)23(22,29-19)16-8-6-14(12-25)7-9-16/h1-10,13,18,20,27-28H,11H2/t18-,20+,22+,23-/m0/s1. The van der Waals surface area contributed by atoms with Gasteiger partial charge in [-0.05, 0) is 29.7 Å². The van der Waals surface area contributed by atoms with Gasteiger partial charge in [0.05, 0.1) is 22.8 Å². The second-order valence-electron chi connectivity index (χ2n) is 7.51. The zero-order chi connectivity index (χ0) is 20.2. The fraction of sp³-hybridized carbons (Fsp3) is 0.217. The van der Waals surface area contributed by atoms with E-state index in [1.54, 1.807) is 30.3 Å². The van der Waals surface area contributed by atoms with E-state index in [2.05, 4.69) is 11.1 Å². The lowest BCUT2D eigenvalue weighted by Gasteiger charge is -2.40. The first-order chi connectivity index (χ1) is 14.0. The number of pyridine rings is 1. The van der Waals surface area contributed by atoms with Crippen molar-refractivity contribution in [2.45, 2.75) is 29.6 Å². The number of aliphatic hydroxyl groups excluding tert-OH is 1. The number of nitriles is 1. The maximum atomic E-state index is 12.0. The SMILES string of the molecule is N#Cc1ccc([C@@]23Oc4cc(Cl)cnc4[C@]2(O)[C@H](O)C[C@H]3c2ccccc2)cc1. The zero-order valence-electron chi connectivity index (χ0n) is 15.3. The summed E-state index contributed by atoms with van der Waals surface area (Å²) in [4.78, 5) is 4.34. The fourth-order valence-corrected chi connectivity index (χ4v) is 4.99. The maximum Gasteiger partial charge on any atom is 0.180 e. The van der Waals surface area contributed by atoms with Gasteiger partial charge in [0, 0.05) is 18.2 Å². The van der Waals surface area contributed by atoms with Crippen LogP contribution in [0.25, 0.3) is 0 Å². The van der Waals surface area contributed by atoms with E-state index in [-0.39, 0.29) is 11.6 Å². The molecule has 2 N–H and O–H groups in total. The summed E-state index contributed by atoms with van der Waals surface area (Å²) < 4.78 is 6.46. The first-order valence-electron chi connectivity index (χ1n) is 9.32. The number of benzene rings is 2. The summed E-state index contributed by atoms with van der Waals surface area (Å²) in [6.45, 7) is 0. The third-order valence-corrected chi connectivity index (χ3v) is 6.30. The third kappa shape index (κ3) is 2.31. The summed E-state index contributed by atoms with van der Waals surface area (Å²) in [6, 6.07) is 20.3. The number of aliphatic hydroxyl groups is 2. The lowest BCUT2D eigenvalue weighted by atomic mass is 9.72. The van der Waals surface area contributed by atoms with E-state index in [0.717, 1.165) is 5.56 Å². The first-order valence-corrected chi connectivity index (χ1v) is 9.69. The van der Waals surface area contributed by atoms with Gasteiger partial charge >= 0.3 is 0 Å². The molecule has 5 nitrogen and oxygen atoms in total. The predicted molar refractivity (Wildman–Crippen MR) is 106 cm³/mol. The summed E-state index contributed by atoms with van der Waals surface area (Å²) in [6.07, 6.45) is 0.641. The van der Waals surface area contributed by atoms with E-state index in [4.69, 9.17) is 16.3 Å². The Kier molecular flexibility index (Phi) is 3.94. The molecule has 1 aliphatic heterocycles. The molecule has 0 saturated heterocycles. The van der Waals surface area contributed by atoms with Gasteiger partial charge in [-0.2, -0.15) is 5.26 Å². The highest BCUT2D eigenvalue weighted by atomic mass is 35.5. The molecule has 0 spiro atoms. The highest BCUT2D eigenvalue weighted by Gasteiger charge is 2.73. The quantitative estimate of drug-likeness (QED) is 0.681. The molecule has 0 bridgehead atoms. The van der Waals surface area contributed by atoms with E-state index in [1.165, 1.54) is 6.20 Å². The predicted octanol–water partition coefficient (Wildman–Crippen LogP) is 3.63. The van der Waals surface area contributed by atoms with E-state index < -0.39 is 17.3 Å². The Morgan fingerprint density at radius 2 is 1.86 bits per heavy atom. The van der Waals surface area contributed by atoms with Crippen LogP contribution in [0.2, 0.25) is 5.02 Å². The largest absolute Gasteiger partial charge is 0.476 e. The molecule has 1 saturated carbocycles. The van der Waals surface area contributed by atoms with Crippen molar-refractivity contribution in [1.29, 1.82) is 5.26 Å². The number of halogens is 1. The smallest absolute Gasteiger partial charge is 0.180 e. The Labute approximate surface area is 172 Å². The van der Waals surface area contributed by atoms with Crippen LogP contribution in [0.1, 0.15) is 34.7 Å². The average molecular weight is 405 g/mol. The summed E-state index contributed by atoms with van der Waals surface area (Å²) in [7, 11) is 0. The minimum absolute atomic E-state index is 0.275. The van der Waals surface area contributed by atoms with Crippen molar-refractivity contribution in [1.82, 2.24) is 4.98 Å². The first kappa shape index (κ1) is 18.1. The minimum atomic E-state index is -1.76. The maximum absolute atomic E-state index is 12.0. The molecule has 2 heterocycles. The molecule has 6 heteroatoms. The van der Waals surface area contributed by atoms with Crippen LogP contribution in [0.4, 0.5) is 0 Å². The lowest BCUT2D eigenvalue weighted by molar-refractivity contribution is -0.151. The number of hydrogen-bond donors (Lipinski definition) is 2. The van der Waals surface area contributed by atoms with Crippen LogP contribution in [0.15, 0.2) is 66.9 Å². The normalized spacial score (nSPS) is 29.6. The molecular formula is C23H17ClN2O3. The second kappa shape index (κ2) is 6.30. The van der Waals surface area contributed by atoms with E-state index in [1.807, 2.05) is 30.3 Å². The highest BCUT2D eigenvalue weighted by molar-refractivity contribution is 6.30. The molecule has 0 amide bonds. The van der Waals surface area contributed by atoms with E-state index in [0.29, 0.717) is 28.3 Å². The Morgan fingerprint density at radius 3 is 2.55 bits per heavy atom. The van der Waals surface area contributed by atoms with Gasteiger partial charge in [-0.3, -0.25) is 4.98 Å². The topological polar surface area (TPSA) is 86.4 Å².